The standard InChI is InChI=1S/C18H34O2.C3H8O2/c1-2-3-4-5-6-7-8-9-10-11-12-13-14-15-16-17-18(19)20;1-3(5)2-4/h9-10H,2-8,11-17H2,1H3,(H,19,20);3-5H,2H2,1H3. The van der Waals surface area contributed by atoms with Crippen molar-refractivity contribution in [2.24, 2.45) is 0 Å². The van der Waals surface area contributed by atoms with Gasteiger partial charge >= 0.3 is 5.97 Å². The van der Waals surface area contributed by atoms with Crippen LogP contribution in [0.5, 0.6) is 0 Å². The van der Waals surface area contributed by atoms with Crippen LogP contribution in [0.3, 0.4) is 0 Å². The molecule has 0 rings (SSSR count). The normalized spacial score (nSPS) is 12.0. The van der Waals surface area contributed by atoms with Gasteiger partial charge in [0.05, 0.1) is 12.7 Å². The summed E-state index contributed by atoms with van der Waals surface area (Å²) in [5.41, 5.74) is 0. The van der Waals surface area contributed by atoms with Crippen molar-refractivity contribution in [2.75, 3.05) is 6.61 Å². The lowest BCUT2D eigenvalue weighted by Gasteiger charge is -1.99. The molecule has 25 heavy (non-hydrogen) atoms. The van der Waals surface area contributed by atoms with E-state index in [-0.39, 0.29) is 6.61 Å². The van der Waals surface area contributed by atoms with Crippen molar-refractivity contribution in [1.29, 1.82) is 0 Å². The van der Waals surface area contributed by atoms with E-state index in [1.54, 1.807) is 0 Å². The summed E-state index contributed by atoms with van der Waals surface area (Å²) in [5, 5.41) is 24.5. The largest absolute Gasteiger partial charge is 0.481 e. The molecule has 0 aromatic rings. The number of allylic oxidation sites excluding steroid dienone is 2. The van der Waals surface area contributed by atoms with Crippen LogP contribution in [-0.4, -0.2) is 34.0 Å². The average Bonchev–Trinajstić information content (AvgIpc) is 2.58. The first-order valence-electron chi connectivity index (χ1n) is 10.2. The number of unbranched alkanes of at least 4 members (excludes halogenated alkanes) is 11. The Morgan fingerprint density at radius 1 is 0.840 bits per heavy atom. The third-order valence-corrected chi connectivity index (χ3v) is 3.92. The van der Waals surface area contributed by atoms with Gasteiger partial charge in [-0.1, -0.05) is 70.4 Å². The van der Waals surface area contributed by atoms with Gasteiger partial charge in [0.1, 0.15) is 0 Å². The zero-order valence-electron chi connectivity index (χ0n) is 16.6. The van der Waals surface area contributed by atoms with Crippen molar-refractivity contribution in [3.05, 3.63) is 12.2 Å². The monoisotopic (exact) mass is 358 g/mol. The van der Waals surface area contributed by atoms with E-state index in [1.807, 2.05) is 0 Å². The van der Waals surface area contributed by atoms with E-state index in [2.05, 4.69) is 19.1 Å². The Hall–Kier alpha value is -0.870. The summed E-state index contributed by atoms with van der Waals surface area (Å²) >= 11 is 0. The van der Waals surface area contributed by atoms with Gasteiger partial charge in [-0.3, -0.25) is 4.79 Å². The lowest BCUT2D eigenvalue weighted by atomic mass is 10.1. The lowest BCUT2D eigenvalue weighted by Crippen LogP contribution is -2.03. The highest BCUT2D eigenvalue weighted by molar-refractivity contribution is 5.66. The predicted octanol–water partition coefficient (Wildman–Crippen LogP) is 5.47. The Labute approximate surface area is 155 Å². The highest BCUT2D eigenvalue weighted by atomic mass is 16.4. The van der Waals surface area contributed by atoms with Crippen LogP contribution in [0.1, 0.15) is 104 Å². The Morgan fingerprint density at radius 2 is 1.24 bits per heavy atom. The molecule has 0 aromatic carbocycles. The SMILES string of the molecule is CC(O)CO.CCCCCCCCC=CCCCCCCCC(=O)O. The van der Waals surface area contributed by atoms with Crippen LogP contribution in [0.2, 0.25) is 0 Å². The van der Waals surface area contributed by atoms with Crippen LogP contribution in [0.4, 0.5) is 0 Å². The van der Waals surface area contributed by atoms with Gasteiger partial charge in [-0.2, -0.15) is 0 Å². The molecule has 0 bridgehead atoms. The van der Waals surface area contributed by atoms with E-state index in [4.69, 9.17) is 15.3 Å². The molecule has 4 nitrogen and oxygen atoms in total. The van der Waals surface area contributed by atoms with Crippen molar-refractivity contribution in [3.8, 4) is 0 Å². The van der Waals surface area contributed by atoms with E-state index in [9.17, 15) is 4.79 Å². The summed E-state index contributed by atoms with van der Waals surface area (Å²) in [6, 6.07) is 0. The Balaban J connectivity index is 0. The second-order valence-electron chi connectivity index (χ2n) is 6.76. The first kappa shape index (κ1) is 26.4. The van der Waals surface area contributed by atoms with E-state index in [0.717, 1.165) is 12.8 Å². The van der Waals surface area contributed by atoms with Gasteiger partial charge < -0.3 is 15.3 Å². The Morgan fingerprint density at radius 3 is 1.64 bits per heavy atom. The van der Waals surface area contributed by atoms with Gasteiger partial charge in [0.15, 0.2) is 0 Å². The van der Waals surface area contributed by atoms with Crippen LogP contribution >= 0.6 is 0 Å². The highest BCUT2D eigenvalue weighted by Gasteiger charge is 1.95. The first-order valence-corrected chi connectivity index (χ1v) is 10.2. The maximum absolute atomic E-state index is 10.3. The summed E-state index contributed by atoms with van der Waals surface area (Å²) in [6.07, 6.45) is 20.7. The minimum absolute atomic E-state index is 0.139. The van der Waals surface area contributed by atoms with Crippen LogP contribution in [-0.2, 0) is 4.79 Å². The van der Waals surface area contributed by atoms with Crippen molar-refractivity contribution >= 4 is 5.97 Å². The molecule has 0 fully saturated rings. The minimum Gasteiger partial charge on any atom is -0.481 e. The number of carbonyl (C=O) groups is 1. The van der Waals surface area contributed by atoms with Crippen LogP contribution in [0, 0.1) is 0 Å². The second-order valence-corrected chi connectivity index (χ2v) is 6.76. The van der Waals surface area contributed by atoms with Crippen LogP contribution in [0.15, 0.2) is 12.2 Å². The summed E-state index contributed by atoms with van der Waals surface area (Å²) in [4.78, 5) is 10.3. The summed E-state index contributed by atoms with van der Waals surface area (Å²) in [5.74, 6) is -0.664. The number of carboxylic acids is 1. The molecule has 4 heteroatoms. The lowest BCUT2D eigenvalue weighted by molar-refractivity contribution is -0.137. The van der Waals surface area contributed by atoms with Gasteiger partial charge in [0.2, 0.25) is 0 Å². The smallest absolute Gasteiger partial charge is 0.303 e. The molecule has 0 aliphatic carbocycles. The van der Waals surface area contributed by atoms with Crippen molar-refractivity contribution in [3.63, 3.8) is 0 Å². The molecule has 0 aliphatic heterocycles. The molecule has 0 radical (unpaired) electrons. The molecule has 0 heterocycles. The molecule has 0 spiro atoms. The fourth-order valence-corrected chi connectivity index (χ4v) is 2.35. The van der Waals surface area contributed by atoms with E-state index < -0.39 is 12.1 Å². The van der Waals surface area contributed by atoms with Gasteiger partial charge in [-0.05, 0) is 39.0 Å². The van der Waals surface area contributed by atoms with Crippen LogP contribution < -0.4 is 0 Å². The predicted molar refractivity (Wildman–Crippen MR) is 106 cm³/mol. The molecule has 0 aliphatic rings. The molecule has 1 unspecified atom stereocenters. The van der Waals surface area contributed by atoms with Gasteiger partial charge in [-0.25, -0.2) is 0 Å². The number of aliphatic hydroxyl groups is 2. The summed E-state index contributed by atoms with van der Waals surface area (Å²) in [6.45, 7) is 3.65. The molecule has 0 aromatic heterocycles. The number of hydrogen-bond acceptors (Lipinski definition) is 3. The summed E-state index contributed by atoms with van der Waals surface area (Å²) in [7, 11) is 0. The molecule has 0 amide bonds. The quantitative estimate of drug-likeness (QED) is 0.252. The van der Waals surface area contributed by atoms with E-state index in [0.29, 0.717) is 6.42 Å². The number of aliphatic hydroxyl groups excluding tert-OH is 2. The molecule has 3 N–H and O–H groups in total. The van der Waals surface area contributed by atoms with Crippen molar-refractivity contribution in [2.45, 2.75) is 110 Å². The molecular weight excluding hydrogens is 316 g/mol. The second kappa shape index (κ2) is 23.1. The number of hydrogen-bond donors (Lipinski definition) is 3. The topological polar surface area (TPSA) is 77.8 Å². The van der Waals surface area contributed by atoms with Crippen LogP contribution in [0.25, 0.3) is 0 Å². The molecular formula is C21H42O4. The molecule has 0 saturated heterocycles. The molecule has 150 valence electrons. The number of rotatable bonds is 16. The Bertz CT molecular complexity index is 288. The van der Waals surface area contributed by atoms with Gasteiger partial charge in [0.25, 0.3) is 0 Å². The molecule has 0 saturated carbocycles. The fraction of sp³-hybridized carbons (Fsp3) is 0.857. The van der Waals surface area contributed by atoms with Gasteiger partial charge in [0, 0.05) is 6.42 Å². The van der Waals surface area contributed by atoms with E-state index in [1.165, 1.54) is 77.6 Å². The number of aliphatic carboxylic acids is 1. The summed E-state index contributed by atoms with van der Waals surface area (Å²) < 4.78 is 0. The average molecular weight is 359 g/mol. The molecule has 1 atom stereocenters. The zero-order valence-corrected chi connectivity index (χ0v) is 16.6. The van der Waals surface area contributed by atoms with Crippen molar-refractivity contribution < 1.29 is 20.1 Å². The highest BCUT2D eigenvalue weighted by Crippen LogP contribution is 2.09. The third-order valence-electron chi connectivity index (χ3n) is 3.92. The minimum atomic E-state index is -0.664. The third kappa shape index (κ3) is 31.4. The van der Waals surface area contributed by atoms with Gasteiger partial charge in [-0.15, -0.1) is 0 Å². The van der Waals surface area contributed by atoms with Crippen molar-refractivity contribution in [1.82, 2.24) is 0 Å². The Kier molecular flexibility index (Phi) is 24.4. The first-order chi connectivity index (χ1) is 12.0. The zero-order chi connectivity index (χ0) is 19.2. The number of carboxylic acid groups (broad SMARTS) is 1. The maximum atomic E-state index is 10.3. The fourth-order valence-electron chi connectivity index (χ4n) is 2.35. The van der Waals surface area contributed by atoms with E-state index >= 15 is 0 Å². The maximum Gasteiger partial charge on any atom is 0.303 e.